The normalized spacial score (nSPS) is 10.3. The number of ether oxygens (including phenoxy) is 1. The van der Waals surface area contributed by atoms with Crippen molar-refractivity contribution in [1.82, 2.24) is 9.97 Å². The Labute approximate surface area is 99.8 Å². The quantitative estimate of drug-likeness (QED) is 0.459. The second-order valence-corrected chi connectivity index (χ2v) is 3.84. The fourth-order valence-corrected chi connectivity index (χ4v) is 1.69. The van der Waals surface area contributed by atoms with Crippen molar-refractivity contribution < 1.29 is 9.53 Å². The number of methoxy groups -OCH3 is 1. The Balaban J connectivity index is 2.74. The van der Waals surface area contributed by atoms with Gasteiger partial charge in [0.1, 0.15) is 0 Å². The standard InChI is InChI=1S/C10H7IN2O2/c1-15-9(14)7-4-2-3-6-5-12-10(11)13-8(6)7/h2-5H,1H3. The first-order valence-corrected chi connectivity index (χ1v) is 5.30. The molecule has 15 heavy (non-hydrogen) atoms. The molecule has 1 aromatic heterocycles. The highest BCUT2D eigenvalue weighted by Crippen LogP contribution is 2.17. The molecule has 76 valence electrons. The predicted octanol–water partition coefficient (Wildman–Crippen LogP) is 2.02. The maximum Gasteiger partial charge on any atom is 0.340 e. The highest BCUT2D eigenvalue weighted by atomic mass is 127. The Hall–Kier alpha value is -1.24. The van der Waals surface area contributed by atoms with E-state index in [9.17, 15) is 4.79 Å². The van der Waals surface area contributed by atoms with Gasteiger partial charge in [-0.15, -0.1) is 0 Å². The lowest BCUT2D eigenvalue weighted by molar-refractivity contribution is 0.0603. The maximum absolute atomic E-state index is 11.5. The Bertz CT molecular complexity index is 528. The summed E-state index contributed by atoms with van der Waals surface area (Å²) in [5, 5.41) is 0.832. The number of aromatic nitrogens is 2. The SMILES string of the molecule is COC(=O)c1cccc2cnc(I)nc12. The minimum atomic E-state index is -0.380. The number of fused-ring (bicyclic) bond motifs is 1. The molecule has 0 spiro atoms. The van der Waals surface area contributed by atoms with Crippen LogP contribution < -0.4 is 0 Å². The average Bonchev–Trinajstić information content (AvgIpc) is 2.27. The van der Waals surface area contributed by atoms with Crippen LogP contribution in [-0.2, 0) is 4.74 Å². The third kappa shape index (κ3) is 1.92. The summed E-state index contributed by atoms with van der Waals surface area (Å²) in [4.78, 5) is 19.7. The molecule has 0 radical (unpaired) electrons. The zero-order valence-corrected chi connectivity index (χ0v) is 10.1. The molecule has 0 N–H and O–H groups in total. The van der Waals surface area contributed by atoms with Crippen molar-refractivity contribution in [3.8, 4) is 0 Å². The fraction of sp³-hybridized carbons (Fsp3) is 0.100. The van der Waals surface area contributed by atoms with E-state index in [-0.39, 0.29) is 5.97 Å². The highest BCUT2D eigenvalue weighted by Gasteiger charge is 2.11. The van der Waals surface area contributed by atoms with Crippen LogP contribution in [0.3, 0.4) is 0 Å². The monoisotopic (exact) mass is 314 g/mol. The van der Waals surface area contributed by atoms with Crippen LogP contribution in [0.2, 0.25) is 0 Å². The van der Waals surface area contributed by atoms with Crippen molar-refractivity contribution >= 4 is 39.5 Å². The largest absolute Gasteiger partial charge is 0.465 e. The van der Waals surface area contributed by atoms with Crippen LogP contribution in [0.5, 0.6) is 0 Å². The summed E-state index contributed by atoms with van der Waals surface area (Å²) in [6.07, 6.45) is 1.69. The number of carbonyl (C=O) groups is 1. The Morgan fingerprint density at radius 3 is 3.00 bits per heavy atom. The number of hydrogen-bond donors (Lipinski definition) is 0. The first-order valence-electron chi connectivity index (χ1n) is 4.22. The van der Waals surface area contributed by atoms with Gasteiger partial charge in [0.25, 0.3) is 0 Å². The van der Waals surface area contributed by atoms with Gasteiger partial charge in [-0.25, -0.2) is 14.8 Å². The van der Waals surface area contributed by atoms with Crippen molar-refractivity contribution in [1.29, 1.82) is 0 Å². The summed E-state index contributed by atoms with van der Waals surface area (Å²) in [6, 6.07) is 5.33. The van der Waals surface area contributed by atoms with E-state index in [0.29, 0.717) is 14.9 Å². The minimum Gasteiger partial charge on any atom is -0.465 e. The van der Waals surface area contributed by atoms with E-state index in [1.165, 1.54) is 7.11 Å². The number of nitrogens with zero attached hydrogens (tertiary/aromatic N) is 2. The van der Waals surface area contributed by atoms with Crippen LogP contribution in [0.25, 0.3) is 10.9 Å². The maximum atomic E-state index is 11.5. The van der Waals surface area contributed by atoms with Crippen LogP contribution >= 0.6 is 22.6 Å². The molecule has 4 nitrogen and oxygen atoms in total. The van der Waals surface area contributed by atoms with Gasteiger partial charge in [-0.1, -0.05) is 12.1 Å². The molecule has 0 aliphatic carbocycles. The zero-order valence-electron chi connectivity index (χ0n) is 7.90. The molecule has 0 saturated heterocycles. The van der Waals surface area contributed by atoms with Crippen LogP contribution in [-0.4, -0.2) is 23.0 Å². The second-order valence-electron chi connectivity index (χ2n) is 2.87. The summed E-state index contributed by atoms with van der Waals surface area (Å²) in [6.45, 7) is 0. The van der Waals surface area contributed by atoms with Gasteiger partial charge in [-0.2, -0.15) is 0 Å². The number of carbonyl (C=O) groups excluding carboxylic acids is 1. The van der Waals surface area contributed by atoms with Gasteiger partial charge in [0.05, 0.1) is 18.2 Å². The van der Waals surface area contributed by atoms with Crippen LogP contribution in [0.4, 0.5) is 0 Å². The summed E-state index contributed by atoms with van der Waals surface area (Å²) < 4.78 is 5.29. The van der Waals surface area contributed by atoms with Gasteiger partial charge in [-0.05, 0) is 6.07 Å². The van der Waals surface area contributed by atoms with E-state index in [0.717, 1.165) is 5.39 Å². The van der Waals surface area contributed by atoms with Crippen molar-refractivity contribution in [3.63, 3.8) is 0 Å². The highest BCUT2D eigenvalue weighted by molar-refractivity contribution is 14.1. The molecule has 0 amide bonds. The molecular weight excluding hydrogens is 307 g/mol. The fourth-order valence-electron chi connectivity index (χ4n) is 1.31. The third-order valence-corrected chi connectivity index (χ3v) is 2.51. The molecule has 0 saturated carbocycles. The minimum absolute atomic E-state index is 0.380. The second kappa shape index (κ2) is 4.09. The predicted molar refractivity (Wildman–Crippen MR) is 63.6 cm³/mol. The molecule has 2 aromatic rings. The molecule has 2 rings (SSSR count). The third-order valence-electron chi connectivity index (χ3n) is 1.99. The lowest BCUT2D eigenvalue weighted by atomic mass is 10.1. The number of halogens is 1. The molecule has 5 heteroatoms. The molecule has 0 bridgehead atoms. The number of hydrogen-bond acceptors (Lipinski definition) is 4. The van der Waals surface area contributed by atoms with Crippen molar-refractivity contribution in [3.05, 3.63) is 33.8 Å². The average molecular weight is 314 g/mol. The lowest BCUT2D eigenvalue weighted by Crippen LogP contribution is -2.03. The van der Waals surface area contributed by atoms with Gasteiger partial charge in [0.15, 0.2) is 3.83 Å². The van der Waals surface area contributed by atoms with Gasteiger partial charge in [0.2, 0.25) is 0 Å². The lowest BCUT2D eigenvalue weighted by Gasteiger charge is -2.03. The van der Waals surface area contributed by atoms with Crippen LogP contribution in [0.1, 0.15) is 10.4 Å². The van der Waals surface area contributed by atoms with E-state index >= 15 is 0 Å². The van der Waals surface area contributed by atoms with Crippen molar-refractivity contribution in [2.24, 2.45) is 0 Å². The number of para-hydroxylation sites is 1. The molecule has 0 fully saturated rings. The molecule has 0 aliphatic rings. The first-order chi connectivity index (χ1) is 7.22. The molecule has 0 aliphatic heterocycles. The summed E-state index contributed by atoms with van der Waals surface area (Å²) >= 11 is 2.01. The summed E-state index contributed by atoms with van der Waals surface area (Å²) in [5.74, 6) is -0.380. The van der Waals surface area contributed by atoms with Gasteiger partial charge in [0, 0.05) is 34.2 Å². The van der Waals surface area contributed by atoms with E-state index in [1.54, 1.807) is 18.3 Å². The van der Waals surface area contributed by atoms with Crippen molar-refractivity contribution in [2.75, 3.05) is 7.11 Å². The van der Waals surface area contributed by atoms with E-state index < -0.39 is 0 Å². The van der Waals surface area contributed by atoms with Crippen LogP contribution in [0.15, 0.2) is 24.4 Å². The summed E-state index contributed by atoms with van der Waals surface area (Å²) in [5.41, 5.74) is 1.10. The van der Waals surface area contributed by atoms with E-state index in [2.05, 4.69) is 14.7 Å². The van der Waals surface area contributed by atoms with E-state index in [1.807, 2.05) is 28.7 Å². The first kappa shape index (κ1) is 10.3. The number of rotatable bonds is 1. The number of esters is 1. The van der Waals surface area contributed by atoms with Crippen molar-refractivity contribution in [2.45, 2.75) is 0 Å². The van der Waals surface area contributed by atoms with Crippen LogP contribution in [0, 0.1) is 3.83 Å². The smallest absolute Gasteiger partial charge is 0.340 e. The molecular formula is C10H7IN2O2. The molecule has 1 aromatic carbocycles. The topological polar surface area (TPSA) is 52.1 Å². The van der Waals surface area contributed by atoms with Gasteiger partial charge in [-0.3, -0.25) is 0 Å². The molecule has 0 unspecified atom stereocenters. The number of benzene rings is 1. The van der Waals surface area contributed by atoms with Gasteiger partial charge >= 0.3 is 5.97 Å². The summed E-state index contributed by atoms with van der Waals surface area (Å²) in [7, 11) is 1.35. The molecule has 0 atom stereocenters. The van der Waals surface area contributed by atoms with E-state index in [4.69, 9.17) is 0 Å². The molecule has 1 heterocycles. The Morgan fingerprint density at radius 2 is 2.27 bits per heavy atom. The Kier molecular flexibility index (Phi) is 2.81. The zero-order chi connectivity index (χ0) is 10.8. The Morgan fingerprint density at radius 1 is 1.47 bits per heavy atom. The van der Waals surface area contributed by atoms with Gasteiger partial charge < -0.3 is 4.74 Å².